The summed E-state index contributed by atoms with van der Waals surface area (Å²) >= 11 is 0. The summed E-state index contributed by atoms with van der Waals surface area (Å²) in [5.74, 6) is 2.12. The summed E-state index contributed by atoms with van der Waals surface area (Å²) < 4.78 is 16.6. The number of hydrogen-bond acceptors (Lipinski definition) is 4. The van der Waals surface area contributed by atoms with Crippen LogP contribution in [0.5, 0.6) is 17.2 Å². The Hall–Kier alpha value is -3.21. The average molecular weight is 361 g/mol. The van der Waals surface area contributed by atoms with E-state index in [0.29, 0.717) is 23.1 Å². The molecule has 1 heterocycles. The monoisotopic (exact) mass is 361 g/mol. The van der Waals surface area contributed by atoms with Crippen molar-refractivity contribution in [2.75, 3.05) is 13.9 Å². The van der Waals surface area contributed by atoms with Crippen LogP contribution in [-0.2, 0) is 0 Å². The van der Waals surface area contributed by atoms with E-state index in [9.17, 15) is 4.79 Å². The Morgan fingerprint density at radius 1 is 1.04 bits per heavy atom. The van der Waals surface area contributed by atoms with Crippen LogP contribution in [0.4, 0.5) is 0 Å². The highest BCUT2D eigenvalue weighted by atomic mass is 16.7. The highest BCUT2D eigenvalue weighted by Gasteiger charge is 2.24. The molecule has 1 saturated carbocycles. The van der Waals surface area contributed by atoms with Gasteiger partial charge in [-0.15, -0.1) is 0 Å². The topological polar surface area (TPSA) is 56.8 Å². The van der Waals surface area contributed by atoms with E-state index in [1.54, 1.807) is 7.11 Å². The molecule has 2 aliphatic rings. The van der Waals surface area contributed by atoms with Crippen molar-refractivity contribution in [3.63, 3.8) is 0 Å². The number of nitrogens with one attached hydrogen (secondary N) is 1. The van der Waals surface area contributed by atoms with Crippen LogP contribution in [0, 0.1) is 0 Å². The second kappa shape index (κ2) is 6.20. The molecule has 5 nitrogen and oxygen atoms in total. The van der Waals surface area contributed by atoms with Crippen LogP contribution in [0.1, 0.15) is 23.2 Å². The smallest absolute Gasteiger partial charge is 0.251 e. The van der Waals surface area contributed by atoms with Crippen molar-refractivity contribution in [3.05, 3.63) is 54.1 Å². The Balaban J connectivity index is 1.60. The van der Waals surface area contributed by atoms with Gasteiger partial charge < -0.3 is 19.5 Å². The number of carbonyl (C=O) groups excluding carboxylic acids is 1. The standard InChI is InChI=1S/C22H19NO4/c1-25-19-11-21-20(26-12-27-21)10-18(19)17-4-2-3-13-9-14(5-8-16(13)17)22(24)23-15-6-7-15/h2-5,8-11,15H,6-7,12H2,1H3,(H,23,24). The minimum Gasteiger partial charge on any atom is -0.496 e. The van der Waals surface area contributed by atoms with Crippen LogP contribution in [0.2, 0.25) is 0 Å². The van der Waals surface area contributed by atoms with Gasteiger partial charge in [-0.1, -0.05) is 24.3 Å². The molecule has 1 aliphatic heterocycles. The molecule has 5 rings (SSSR count). The lowest BCUT2D eigenvalue weighted by Gasteiger charge is -2.13. The summed E-state index contributed by atoms with van der Waals surface area (Å²) in [6.45, 7) is 0.219. The van der Waals surface area contributed by atoms with Gasteiger partial charge in [0, 0.05) is 23.2 Å². The zero-order chi connectivity index (χ0) is 18.4. The highest BCUT2D eigenvalue weighted by Crippen LogP contribution is 2.44. The number of benzene rings is 3. The number of rotatable bonds is 4. The fourth-order valence-electron chi connectivity index (χ4n) is 3.46. The van der Waals surface area contributed by atoms with E-state index in [4.69, 9.17) is 14.2 Å². The lowest BCUT2D eigenvalue weighted by atomic mass is 9.96. The molecule has 1 N–H and O–H groups in total. The van der Waals surface area contributed by atoms with Crippen molar-refractivity contribution in [2.24, 2.45) is 0 Å². The minimum absolute atomic E-state index is 0.00883. The summed E-state index contributed by atoms with van der Waals surface area (Å²) in [5.41, 5.74) is 2.64. The summed E-state index contributed by atoms with van der Waals surface area (Å²) in [4.78, 5) is 12.4. The van der Waals surface area contributed by atoms with Gasteiger partial charge in [-0.25, -0.2) is 0 Å². The first-order chi connectivity index (χ1) is 13.2. The van der Waals surface area contributed by atoms with E-state index in [1.807, 2.05) is 48.5 Å². The molecule has 0 unspecified atom stereocenters. The number of methoxy groups -OCH3 is 1. The normalized spacial score (nSPS) is 15.0. The Bertz CT molecular complexity index is 1060. The molecule has 1 amide bonds. The minimum atomic E-state index is -0.00883. The van der Waals surface area contributed by atoms with Crippen molar-refractivity contribution < 1.29 is 19.0 Å². The zero-order valence-corrected chi connectivity index (χ0v) is 15.0. The molecule has 5 heteroatoms. The van der Waals surface area contributed by atoms with Gasteiger partial charge in [-0.05, 0) is 47.4 Å². The maximum absolute atomic E-state index is 12.4. The molecular weight excluding hydrogens is 342 g/mol. The summed E-state index contributed by atoms with van der Waals surface area (Å²) in [5, 5.41) is 5.10. The third-order valence-corrected chi connectivity index (χ3v) is 5.04. The summed E-state index contributed by atoms with van der Waals surface area (Å²) in [6, 6.07) is 16.0. The van der Waals surface area contributed by atoms with Crippen LogP contribution >= 0.6 is 0 Å². The van der Waals surface area contributed by atoms with Gasteiger partial charge in [0.1, 0.15) is 5.75 Å². The van der Waals surface area contributed by atoms with Crippen LogP contribution < -0.4 is 19.5 Å². The van der Waals surface area contributed by atoms with E-state index in [-0.39, 0.29) is 12.7 Å². The van der Waals surface area contributed by atoms with Gasteiger partial charge in [-0.2, -0.15) is 0 Å². The first kappa shape index (κ1) is 16.0. The molecule has 27 heavy (non-hydrogen) atoms. The second-order valence-corrected chi connectivity index (χ2v) is 6.89. The molecule has 136 valence electrons. The van der Waals surface area contributed by atoms with Gasteiger partial charge in [0.05, 0.1) is 7.11 Å². The molecule has 1 aliphatic carbocycles. The van der Waals surface area contributed by atoms with Gasteiger partial charge in [0.25, 0.3) is 5.91 Å². The Labute approximate surface area is 156 Å². The average Bonchev–Trinajstić information content (AvgIpc) is 3.39. The molecule has 0 bridgehead atoms. The van der Waals surface area contributed by atoms with E-state index < -0.39 is 0 Å². The molecule has 3 aromatic rings. The van der Waals surface area contributed by atoms with Crippen molar-refractivity contribution in [3.8, 4) is 28.4 Å². The fourth-order valence-corrected chi connectivity index (χ4v) is 3.46. The molecule has 0 spiro atoms. The maximum Gasteiger partial charge on any atom is 0.251 e. The van der Waals surface area contributed by atoms with Crippen molar-refractivity contribution in [1.29, 1.82) is 0 Å². The number of hydrogen-bond donors (Lipinski definition) is 1. The molecular formula is C22H19NO4. The SMILES string of the molecule is COc1cc2c(cc1-c1cccc3cc(C(=O)NC4CC4)ccc13)OCO2. The number of fused-ring (bicyclic) bond motifs is 2. The van der Waals surface area contributed by atoms with Crippen molar-refractivity contribution >= 4 is 16.7 Å². The largest absolute Gasteiger partial charge is 0.496 e. The molecule has 3 aromatic carbocycles. The highest BCUT2D eigenvalue weighted by molar-refractivity contribution is 6.03. The van der Waals surface area contributed by atoms with Crippen LogP contribution in [0.25, 0.3) is 21.9 Å². The zero-order valence-electron chi connectivity index (χ0n) is 15.0. The molecule has 0 saturated heterocycles. The van der Waals surface area contributed by atoms with E-state index in [2.05, 4.69) is 5.32 Å². The van der Waals surface area contributed by atoms with Crippen molar-refractivity contribution in [1.82, 2.24) is 5.32 Å². The second-order valence-electron chi connectivity index (χ2n) is 6.89. The number of amides is 1. The van der Waals surface area contributed by atoms with E-state index in [1.165, 1.54) is 0 Å². The first-order valence-electron chi connectivity index (χ1n) is 9.04. The third-order valence-electron chi connectivity index (χ3n) is 5.04. The summed E-state index contributed by atoms with van der Waals surface area (Å²) in [7, 11) is 1.65. The quantitative estimate of drug-likeness (QED) is 0.759. The van der Waals surface area contributed by atoms with E-state index >= 15 is 0 Å². The van der Waals surface area contributed by atoms with E-state index in [0.717, 1.165) is 40.5 Å². The van der Waals surface area contributed by atoms with Gasteiger partial charge in [0.2, 0.25) is 6.79 Å². The predicted molar refractivity (Wildman–Crippen MR) is 103 cm³/mol. The lowest BCUT2D eigenvalue weighted by Crippen LogP contribution is -2.25. The number of ether oxygens (including phenoxy) is 3. The summed E-state index contributed by atoms with van der Waals surface area (Å²) in [6.07, 6.45) is 2.15. The lowest BCUT2D eigenvalue weighted by molar-refractivity contribution is 0.0951. The molecule has 0 atom stereocenters. The van der Waals surface area contributed by atoms with Gasteiger partial charge in [0.15, 0.2) is 11.5 Å². The van der Waals surface area contributed by atoms with Gasteiger partial charge in [-0.3, -0.25) is 4.79 Å². The molecule has 0 aromatic heterocycles. The third kappa shape index (κ3) is 2.85. The maximum atomic E-state index is 12.4. The van der Waals surface area contributed by atoms with Crippen LogP contribution in [0.3, 0.4) is 0 Å². The van der Waals surface area contributed by atoms with Gasteiger partial charge >= 0.3 is 0 Å². The van der Waals surface area contributed by atoms with Crippen molar-refractivity contribution in [2.45, 2.75) is 18.9 Å². The number of carbonyl (C=O) groups is 1. The first-order valence-corrected chi connectivity index (χ1v) is 9.04. The van der Waals surface area contributed by atoms with Crippen LogP contribution in [0.15, 0.2) is 48.5 Å². The van der Waals surface area contributed by atoms with Crippen LogP contribution in [-0.4, -0.2) is 25.9 Å². The Morgan fingerprint density at radius 3 is 2.63 bits per heavy atom. The predicted octanol–water partition coefficient (Wildman–Crippen LogP) is 4.14. The molecule has 1 fully saturated rings. The Morgan fingerprint density at radius 2 is 1.85 bits per heavy atom. The fraction of sp³-hybridized carbons (Fsp3) is 0.227. The molecule has 0 radical (unpaired) electrons. The Kier molecular flexibility index (Phi) is 3.67.